The zero-order valence-corrected chi connectivity index (χ0v) is 19.0. The van der Waals surface area contributed by atoms with Gasteiger partial charge in [0, 0.05) is 36.5 Å². The smallest absolute Gasteiger partial charge is 0.409 e. The number of ether oxygens (including phenoxy) is 1. The van der Waals surface area contributed by atoms with Gasteiger partial charge in [0.25, 0.3) is 5.91 Å². The van der Waals surface area contributed by atoms with E-state index in [2.05, 4.69) is 20.8 Å². The Morgan fingerprint density at radius 2 is 2.15 bits per heavy atom. The van der Waals surface area contributed by atoms with Crippen LogP contribution >= 0.6 is 0 Å². The van der Waals surface area contributed by atoms with Gasteiger partial charge in [-0.1, -0.05) is 23.4 Å². The van der Waals surface area contributed by atoms with Crippen molar-refractivity contribution in [3.8, 4) is 0 Å². The SMILES string of the molecule is COC(=O)N1CCC[C@@H](C2NC(c3ccc(C)c(NC(=O)c4cnc5ccccn45)c3)=NO2)C1. The first-order chi connectivity index (χ1) is 16.5. The van der Waals surface area contributed by atoms with Crippen LogP contribution in [0.5, 0.6) is 0 Å². The number of hydrogen-bond acceptors (Lipinski definition) is 7. The van der Waals surface area contributed by atoms with E-state index >= 15 is 0 Å². The Hall–Kier alpha value is -4.08. The van der Waals surface area contributed by atoms with Crippen molar-refractivity contribution in [1.29, 1.82) is 0 Å². The maximum Gasteiger partial charge on any atom is 0.409 e. The summed E-state index contributed by atoms with van der Waals surface area (Å²) in [5.41, 5.74) is 3.55. The number of fused-ring (bicyclic) bond motifs is 1. The molecule has 1 aromatic carbocycles. The number of anilines is 1. The number of rotatable bonds is 4. The normalized spacial score (nSPS) is 19.8. The second-order valence-corrected chi connectivity index (χ2v) is 8.48. The number of methoxy groups -OCH3 is 1. The molecule has 0 spiro atoms. The van der Waals surface area contributed by atoms with E-state index in [4.69, 9.17) is 9.57 Å². The third-order valence-electron chi connectivity index (χ3n) is 6.26. The average molecular weight is 463 g/mol. The topological polar surface area (TPSA) is 110 Å². The number of nitrogens with one attached hydrogen (secondary N) is 2. The molecule has 0 aliphatic carbocycles. The minimum absolute atomic E-state index is 0.0915. The molecule has 2 aliphatic rings. The number of piperidine rings is 1. The molecule has 1 saturated heterocycles. The standard InChI is InChI=1S/C24H26N6O4/c1-15-8-9-16(12-18(15)26-22(31)19-13-25-20-7-3-4-11-30(19)20)21-27-23(34-28-21)17-6-5-10-29(14-17)24(32)33-2/h3-4,7-9,11-13,17,23H,5-6,10,14H2,1-2H3,(H,26,31)(H,27,28)/t17-,23?/m1/s1. The number of hydrogen-bond donors (Lipinski definition) is 2. The molecule has 5 rings (SSSR count). The first-order valence-electron chi connectivity index (χ1n) is 11.2. The van der Waals surface area contributed by atoms with Crippen LogP contribution in [-0.4, -0.2) is 58.5 Å². The highest BCUT2D eigenvalue weighted by Gasteiger charge is 2.34. The van der Waals surface area contributed by atoms with E-state index in [9.17, 15) is 9.59 Å². The number of likely N-dealkylation sites (tertiary alicyclic amines) is 1. The molecular weight excluding hydrogens is 436 g/mol. The van der Waals surface area contributed by atoms with Crippen LogP contribution in [0.3, 0.4) is 0 Å². The molecule has 2 amide bonds. The van der Waals surface area contributed by atoms with Crippen LogP contribution < -0.4 is 10.6 Å². The monoisotopic (exact) mass is 462 g/mol. The van der Waals surface area contributed by atoms with Gasteiger partial charge in [0.15, 0.2) is 5.84 Å². The fraction of sp³-hybridized carbons (Fsp3) is 0.333. The van der Waals surface area contributed by atoms with Crippen molar-refractivity contribution in [3.05, 3.63) is 65.6 Å². The third-order valence-corrected chi connectivity index (χ3v) is 6.26. The number of aryl methyl sites for hydroxylation is 1. The number of pyridine rings is 1. The van der Waals surface area contributed by atoms with Crippen LogP contribution in [0.2, 0.25) is 0 Å². The van der Waals surface area contributed by atoms with Crippen molar-refractivity contribution in [3.63, 3.8) is 0 Å². The molecule has 3 aromatic rings. The molecule has 34 heavy (non-hydrogen) atoms. The Labute approximate surface area is 196 Å². The number of carbonyl (C=O) groups excluding carboxylic acids is 2. The maximum atomic E-state index is 13.0. The molecule has 1 unspecified atom stereocenters. The highest BCUT2D eigenvalue weighted by Crippen LogP contribution is 2.25. The van der Waals surface area contributed by atoms with Gasteiger partial charge in [0.2, 0.25) is 6.23 Å². The lowest BCUT2D eigenvalue weighted by atomic mass is 9.96. The summed E-state index contributed by atoms with van der Waals surface area (Å²) < 4.78 is 6.60. The highest BCUT2D eigenvalue weighted by molar-refractivity contribution is 6.05. The molecule has 0 bridgehead atoms. The summed E-state index contributed by atoms with van der Waals surface area (Å²) in [6.07, 6.45) is 4.51. The number of nitrogens with zero attached hydrogens (tertiary/aromatic N) is 4. The van der Waals surface area contributed by atoms with Gasteiger partial charge in [-0.05, 0) is 43.5 Å². The minimum Gasteiger partial charge on any atom is -0.453 e. The predicted octanol–water partition coefficient (Wildman–Crippen LogP) is 2.98. The van der Waals surface area contributed by atoms with Crippen molar-refractivity contribution >= 4 is 29.2 Å². The van der Waals surface area contributed by atoms with Crippen molar-refractivity contribution in [2.75, 3.05) is 25.5 Å². The van der Waals surface area contributed by atoms with Crippen LogP contribution in [0.25, 0.3) is 5.65 Å². The van der Waals surface area contributed by atoms with Gasteiger partial charge >= 0.3 is 6.09 Å². The number of oxime groups is 1. The summed E-state index contributed by atoms with van der Waals surface area (Å²) in [6.45, 7) is 3.15. The molecule has 176 valence electrons. The fourth-order valence-corrected chi connectivity index (χ4v) is 4.38. The van der Waals surface area contributed by atoms with Crippen LogP contribution in [0.1, 0.15) is 34.5 Å². The van der Waals surface area contributed by atoms with Crippen LogP contribution in [-0.2, 0) is 9.57 Å². The minimum atomic E-state index is -0.333. The molecule has 2 aromatic heterocycles. The Morgan fingerprint density at radius 1 is 1.26 bits per heavy atom. The van der Waals surface area contributed by atoms with Crippen molar-refractivity contribution in [1.82, 2.24) is 19.6 Å². The van der Waals surface area contributed by atoms with Crippen LogP contribution in [0.4, 0.5) is 10.5 Å². The van der Waals surface area contributed by atoms with E-state index in [1.165, 1.54) is 7.11 Å². The van der Waals surface area contributed by atoms with E-state index in [1.54, 1.807) is 15.5 Å². The molecule has 0 radical (unpaired) electrons. The zero-order valence-electron chi connectivity index (χ0n) is 19.0. The Balaban J connectivity index is 1.28. The van der Waals surface area contributed by atoms with E-state index < -0.39 is 0 Å². The van der Waals surface area contributed by atoms with Gasteiger partial charge in [-0.2, -0.15) is 0 Å². The third kappa shape index (κ3) is 4.14. The average Bonchev–Trinajstić information content (AvgIpc) is 3.53. The summed E-state index contributed by atoms with van der Waals surface area (Å²) in [7, 11) is 1.39. The number of imidazole rings is 1. The molecule has 0 saturated carbocycles. The van der Waals surface area contributed by atoms with E-state index in [1.807, 2.05) is 49.5 Å². The second kappa shape index (κ2) is 9.05. The summed E-state index contributed by atoms with van der Waals surface area (Å²) in [6, 6.07) is 11.3. The lowest BCUT2D eigenvalue weighted by molar-refractivity contribution is -0.00138. The lowest BCUT2D eigenvalue weighted by Crippen LogP contribution is -2.47. The van der Waals surface area contributed by atoms with Gasteiger partial charge in [-0.25, -0.2) is 9.78 Å². The van der Waals surface area contributed by atoms with Gasteiger partial charge in [-0.3, -0.25) is 9.20 Å². The molecule has 10 nitrogen and oxygen atoms in total. The first-order valence-corrected chi connectivity index (χ1v) is 11.2. The fourth-order valence-electron chi connectivity index (χ4n) is 4.38. The van der Waals surface area contributed by atoms with Crippen molar-refractivity contribution in [2.45, 2.75) is 26.0 Å². The maximum absolute atomic E-state index is 13.0. The van der Waals surface area contributed by atoms with Gasteiger partial charge in [0.05, 0.1) is 13.3 Å². The largest absolute Gasteiger partial charge is 0.453 e. The Kier molecular flexibility index (Phi) is 5.79. The van der Waals surface area contributed by atoms with Crippen LogP contribution in [0, 0.1) is 12.8 Å². The summed E-state index contributed by atoms with van der Waals surface area (Å²) in [5, 5.41) is 10.6. The van der Waals surface area contributed by atoms with Crippen LogP contribution in [0.15, 0.2) is 53.9 Å². The van der Waals surface area contributed by atoms with Gasteiger partial charge in [-0.15, -0.1) is 0 Å². The number of benzene rings is 1. The number of amidine groups is 1. The highest BCUT2D eigenvalue weighted by atomic mass is 16.7. The molecule has 2 N–H and O–H groups in total. The van der Waals surface area contributed by atoms with E-state index in [0.29, 0.717) is 36.0 Å². The van der Waals surface area contributed by atoms with E-state index in [0.717, 1.165) is 24.0 Å². The predicted molar refractivity (Wildman–Crippen MR) is 126 cm³/mol. The van der Waals surface area contributed by atoms with Gasteiger partial charge < -0.3 is 25.1 Å². The Morgan fingerprint density at radius 3 is 3.00 bits per heavy atom. The summed E-state index contributed by atoms with van der Waals surface area (Å²) in [4.78, 5) is 36.5. The molecule has 2 atom stereocenters. The molecule has 2 aliphatic heterocycles. The van der Waals surface area contributed by atoms with Crippen molar-refractivity contribution in [2.24, 2.45) is 11.1 Å². The number of carbonyl (C=O) groups is 2. The zero-order chi connectivity index (χ0) is 23.7. The number of aromatic nitrogens is 2. The van der Waals surface area contributed by atoms with Crippen molar-refractivity contribution < 1.29 is 19.2 Å². The summed E-state index contributed by atoms with van der Waals surface area (Å²) in [5.74, 6) is 0.430. The molecular formula is C24H26N6O4. The van der Waals surface area contributed by atoms with Gasteiger partial charge in [0.1, 0.15) is 11.3 Å². The Bertz CT molecular complexity index is 1270. The molecule has 10 heteroatoms. The lowest BCUT2D eigenvalue weighted by Gasteiger charge is -2.33. The molecule has 4 heterocycles. The quantitative estimate of drug-likeness (QED) is 0.617. The second-order valence-electron chi connectivity index (χ2n) is 8.48. The van der Waals surface area contributed by atoms with E-state index in [-0.39, 0.29) is 24.1 Å². The number of amides is 2. The first kappa shape index (κ1) is 21.7. The summed E-state index contributed by atoms with van der Waals surface area (Å²) >= 11 is 0. The molecule has 1 fully saturated rings.